The molecule has 1 saturated heterocycles. The Morgan fingerprint density at radius 2 is 2.14 bits per heavy atom. The van der Waals surface area contributed by atoms with Gasteiger partial charge in [-0.15, -0.1) is 11.8 Å². The molecular weight excluding hydrogens is 282 g/mol. The van der Waals surface area contributed by atoms with E-state index in [1.54, 1.807) is 11.8 Å². The number of nitrogens with zero attached hydrogens (tertiary/aromatic N) is 2. The van der Waals surface area contributed by atoms with Crippen LogP contribution in [-0.2, 0) is 6.42 Å². The first kappa shape index (κ1) is 14.6. The van der Waals surface area contributed by atoms with Gasteiger partial charge in [0.1, 0.15) is 0 Å². The summed E-state index contributed by atoms with van der Waals surface area (Å²) in [6, 6.07) is 8.87. The summed E-state index contributed by atoms with van der Waals surface area (Å²) in [7, 11) is 0. The summed E-state index contributed by atoms with van der Waals surface area (Å²) >= 11 is 1.73. The molecule has 1 aromatic heterocycles. The summed E-state index contributed by atoms with van der Waals surface area (Å²) in [5, 5.41) is 7.64. The fraction of sp³-hybridized carbons (Fsp3) is 0.500. The first-order valence-electron chi connectivity index (χ1n) is 7.55. The molecule has 5 heteroatoms. The minimum atomic E-state index is 0.606. The van der Waals surface area contributed by atoms with Gasteiger partial charge in [0.2, 0.25) is 11.7 Å². The molecule has 1 N–H and O–H groups in total. The molecule has 0 amide bonds. The molecule has 1 aromatic carbocycles. The van der Waals surface area contributed by atoms with Crippen LogP contribution in [0.2, 0.25) is 0 Å². The van der Waals surface area contributed by atoms with Crippen LogP contribution in [0.15, 0.2) is 33.7 Å². The molecule has 0 bridgehead atoms. The fourth-order valence-corrected chi connectivity index (χ4v) is 3.09. The van der Waals surface area contributed by atoms with Crippen molar-refractivity contribution in [2.75, 3.05) is 12.8 Å². The van der Waals surface area contributed by atoms with Gasteiger partial charge in [0.25, 0.3) is 0 Å². The van der Waals surface area contributed by atoms with Crippen LogP contribution in [0.3, 0.4) is 0 Å². The summed E-state index contributed by atoms with van der Waals surface area (Å²) in [5.74, 6) is 1.43. The van der Waals surface area contributed by atoms with E-state index in [-0.39, 0.29) is 0 Å². The number of thioether (sulfide) groups is 1. The molecule has 0 saturated carbocycles. The molecule has 0 aliphatic carbocycles. The number of piperidine rings is 1. The number of hydrogen-bond acceptors (Lipinski definition) is 5. The Kier molecular flexibility index (Phi) is 4.93. The smallest absolute Gasteiger partial charge is 0.227 e. The topological polar surface area (TPSA) is 51.0 Å². The highest BCUT2D eigenvalue weighted by Gasteiger charge is 2.15. The van der Waals surface area contributed by atoms with Crippen molar-refractivity contribution in [2.24, 2.45) is 0 Å². The number of benzene rings is 1. The molecule has 2 heterocycles. The van der Waals surface area contributed by atoms with Crippen molar-refractivity contribution in [2.45, 2.75) is 43.0 Å². The van der Waals surface area contributed by atoms with E-state index in [1.165, 1.54) is 24.2 Å². The van der Waals surface area contributed by atoms with Gasteiger partial charge in [0, 0.05) is 22.9 Å². The van der Waals surface area contributed by atoms with Gasteiger partial charge >= 0.3 is 0 Å². The Balaban J connectivity index is 1.59. The molecular formula is C16H21N3OS. The molecule has 1 aliphatic rings. The van der Waals surface area contributed by atoms with Crippen LogP contribution in [0.4, 0.5) is 0 Å². The summed E-state index contributed by atoms with van der Waals surface area (Å²) < 4.78 is 5.37. The molecule has 1 fully saturated rings. The number of hydrogen-bond donors (Lipinski definition) is 1. The van der Waals surface area contributed by atoms with Gasteiger partial charge in [-0.1, -0.05) is 11.6 Å². The van der Waals surface area contributed by atoms with Crippen molar-refractivity contribution < 1.29 is 4.52 Å². The first-order valence-corrected chi connectivity index (χ1v) is 8.78. The maximum absolute atomic E-state index is 5.37. The van der Waals surface area contributed by atoms with E-state index < -0.39 is 0 Å². The number of rotatable bonds is 5. The molecule has 0 spiro atoms. The fourth-order valence-electron chi connectivity index (χ4n) is 2.68. The first-order chi connectivity index (χ1) is 10.3. The Hall–Kier alpha value is -1.33. The summed E-state index contributed by atoms with van der Waals surface area (Å²) in [6.07, 6.45) is 7.89. The van der Waals surface area contributed by atoms with E-state index in [0.717, 1.165) is 30.8 Å². The maximum atomic E-state index is 5.37. The summed E-state index contributed by atoms with van der Waals surface area (Å²) in [6.45, 7) is 1.14. The lowest BCUT2D eigenvalue weighted by molar-refractivity contribution is 0.342. The highest BCUT2D eigenvalue weighted by Crippen LogP contribution is 2.21. The van der Waals surface area contributed by atoms with Gasteiger partial charge in [-0.3, -0.25) is 0 Å². The van der Waals surface area contributed by atoms with Crippen LogP contribution >= 0.6 is 11.8 Å². The van der Waals surface area contributed by atoms with E-state index in [4.69, 9.17) is 4.52 Å². The van der Waals surface area contributed by atoms with Crippen LogP contribution in [0.5, 0.6) is 0 Å². The van der Waals surface area contributed by atoms with Crippen LogP contribution < -0.4 is 5.32 Å². The van der Waals surface area contributed by atoms with Crippen molar-refractivity contribution in [3.05, 3.63) is 30.2 Å². The standard InChI is InChI=1S/C16H21N3OS/c1-21-14-8-5-12(6-9-14)16-18-15(20-19-16)10-7-13-4-2-3-11-17-13/h5-6,8-9,13,17H,2-4,7,10-11H2,1H3. The van der Waals surface area contributed by atoms with Gasteiger partial charge in [-0.05, 0) is 56.3 Å². The average molecular weight is 303 g/mol. The SMILES string of the molecule is CSc1ccc(-c2noc(CCC3CCCCN3)n2)cc1. The predicted octanol–water partition coefficient (Wildman–Crippen LogP) is 3.53. The van der Waals surface area contributed by atoms with Crippen LogP contribution in [0.25, 0.3) is 11.4 Å². The van der Waals surface area contributed by atoms with Crippen LogP contribution in [0, 0.1) is 0 Å². The minimum absolute atomic E-state index is 0.606. The minimum Gasteiger partial charge on any atom is -0.339 e. The molecule has 1 unspecified atom stereocenters. The second-order valence-electron chi connectivity index (χ2n) is 5.43. The highest BCUT2D eigenvalue weighted by atomic mass is 32.2. The van der Waals surface area contributed by atoms with E-state index in [1.807, 2.05) is 12.1 Å². The largest absolute Gasteiger partial charge is 0.339 e. The third-order valence-corrected chi connectivity index (χ3v) is 4.68. The average Bonchev–Trinajstić information content (AvgIpc) is 3.03. The zero-order valence-corrected chi connectivity index (χ0v) is 13.2. The monoisotopic (exact) mass is 303 g/mol. The molecule has 112 valence electrons. The number of nitrogens with one attached hydrogen (secondary N) is 1. The van der Waals surface area contributed by atoms with E-state index in [2.05, 4.69) is 33.8 Å². The summed E-state index contributed by atoms with van der Waals surface area (Å²) in [4.78, 5) is 5.75. The second kappa shape index (κ2) is 7.09. The lowest BCUT2D eigenvalue weighted by Crippen LogP contribution is -2.34. The molecule has 3 rings (SSSR count). The van der Waals surface area contributed by atoms with E-state index >= 15 is 0 Å². The Labute approximate surface area is 129 Å². The Bertz CT molecular complexity index is 561. The normalized spacial score (nSPS) is 18.8. The lowest BCUT2D eigenvalue weighted by atomic mass is 10.0. The molecule has 21 heavy (non-hydrogen) atoms. The van der Waals surface area contributed by atoms with Gasteiger partial charge in [-0.2, -0.15) is 4.98 Å². The zero-order chi connectivity index (χ0) is 14.5. The maximum Gasteiger partial charge on any atom is 0.227 e. The Morgan fingerprint density at radius 3 is 2.86 bits per heavy atom. The lowest BCUT2D eigenvalue weighted by Gasteiger charge is -2.22. The van der Waals surface area contributed by atoms with Crippen LogP contribution in [-0.4, -0.2) is 29.0 Å². The van der Waals surface area contributed by atoms with Crippen molar-refractivity contribution in [1.29, 1.82) is 0 Å². The van der Waals surface area contributed by atoms with Crippen molar-refractivity contribution in [3.63, 3.8) is 0 Å². The molecule has 1 aliphatic heterocycles. The quantitative estimate of drug-likeness (QED) is 0.856. The van der Waals surface area contributed by atoms with Crippen molar-refractivity contribution >= 4 is 11.8 Å². The predicted molar refractivity (Wildman–Crippen MR) is 85.5 cm³/mol. The third kappa shape index (κ3) is 3.86. The third-order valence-electron chi connectivity index (χ3n) is 3.94. The molecule has 1 atom stereocenters. The Morgan fingerprint density at radius 1 is 1.29 bits per heavy atom. The number of aromatic nitrogens is 2. The van der Waals surface area contributed by atoms with Crippen LogP contribution in [0.1, 0.15) is 31.6 Å². The zero-order valence-electron chi connectivity index (χ0n) is 12.3. The summed E-state index contributed by atoms with van der Waals surface area (Å²) in [5.41, 5.74) is 1.01. The van der Waals surface area contributed by atoms with Crippen molar-refractivity contribution in [1.82, 2.24) is 15.5 Å². The number of aryl methyl sites for hydroxylation is 1. The van der Waals surface area contributed by atoms with Gasteiger partial charge in [0.05, 0.1) is 0 Å². The van der Waals surface area contributed by atoms with Gasteiger partial charge in [-0.25, -0.2) is 0 Å². The highest BCUT2D eigenvalue weighted by molar-refractivity contribution is 7.98. The second-order valence-corrected chi connectivity index (χ2v) is 6.31. The van der Waals surface area contributed by atoms with Gasteiger partial charge in [0.15, 0.2) is 0 Å². The van der Waals surface area contributed by atoms with E-state index in [0.29, 0.717) is 11.9 Å². The van der Waals surface area contributed by atoms with Gasteiger partial charge < -0.3 is 9.84 Å². The molecule has 0 radical (unpaired) electrons. The van der Waals surface area contributed by atoms with Crippen molar-refractivity contribution in [3.8, 4) is 11.4 Å². The van der Waals surface area contributed by atoms with E-state index in [9.17, 15) is 0 Å². The molecule has 2 aromatic rings. The molecule has 4 nitrogen and oxygen atoms in total.